The molecule has 0 aromatic carbocycles. The van der Waals surface area contributed by atoms with Crippen LogP contribution in [0.1, 0.15) is 56.9 Å². The molecule has 190 valence electrons. The summed E-state index contributed by atoms with van der Waals surface area (Å²) in [5.41, 5.74) is -0.684. The second-order valence-electron chi connectivity index (χ2n) is 9.78. The van der Waals surface area contributed by atoms with Gasteiger partial charge in [-0.2, -0.15) is 23.1 Å². The van der Waals surface area contributed by atoms with Gasteiger partial charge < -0.3 is 20.0 Å². The average Bonchev–Trinajstić information content (AvgIpc) is 2.89. The summed E-state index contributed by atoms with van der Waals surface area (Å²) >= 11 is 0. The van der Waals surface area contributed by atoms with Gasteiger partial charge in [0.1, 0.15) is 17.5 Å². The van der Waals surface area contributed by atoms with Crippen molar-refractivity contribution < 1.29 is 13.2 Å². The molecule has 0 unspecified atom stereocenters. The maximum atomic E-state index is 13.5. The van der Waals surface area contributed by atoms with E-state index in [2.05, 4.69) is 26.2 Å². The molecule has 3 aliphatic rings. The van der Waals surface area contributed by atoms with Gasteiger partial charge in [0.05, 0.1) is 5.56 Å². The Kier molecular flexibility index (Phi) is 7.15. The number of pyridine rings is 1. The monoisotopic (exact) mass is 489 g/mol. The average molecular weight is 490 g/mol. The van der Waals surface area contributed by atoms with Crippen LogP contribution in [-0.4, -0.2) is 60.3 Å². The number of hydrogen-bond acceptors (Lipinski definition) is 7. The van der Waals surface area contributed by atoms with Gasteiger partial charge in [0.2, 0.25) is 5.95 Å². The third-order valence-corrected chi connectivity index (χ3v) is 7.29. The molecule has 2 saturated heterocycles. The van der Waals surface area contributed by atoms with Gasteiger partial charge in [-0.25, -0.2) is 4.98 Å². The highest BCUT2D eigenvalue weighted by Gasteiger charge is 2.36. The van der Waals surface area contributed by atoms with Crippen LogP contribution in [0.4, 0.5) is 36.6 Å². The third-order valence-electron chi connectivity index (χ3n) is 7.29. The first-order chi connectivity index (χ1) is 17.0. The molecule has 5 rings (SSSR count). The van der Waals surface area contributed by atoms with Crippen molar-refractivity contribution in [1.82, 2.24) is 15.0 Å². The van der Waals surface area contributed by atoms with Crippen LogP contribution in [0.5, 0.6) is 0 Å². The van der Waals surface area contributed by atoms with Crippen molar-refractivity contribution in [3.8, 4) is 0 Å². The van der Waals surface area contributed by atoms with Crippen molar-refractivity contribution in [3.63, 3.8) is 0 Å². The minimum atomic E-state index is -4.42. The van der Waals surface area contributed by atoms with Crippen LogP contribution in [0.25, 0.3) is 0 Å². The molecule has 2 aromatic heterocycles. The predicted molar refractivity (Wildman–Crippen MR) is 132 cm³/mol. The van der Waals surface area contributed by atoms with Crippen molar-refractivity contribution in [1.29, 1.82) is 0 Å². The number of piperidine rings is 1. The molecular weight excluding hydrogens is 455 g/mol. The quantitative estimate of drug-likeness (QED) is 0.638. The fourth-order valence-electron chi connectivity index (χ4n) is 5.37. The van der Waals surface area contributed by atoms with Crippen molar-refractivity contribution in [2.75, 3.05) is 59.3 Å². The molecule has 3 fully saturated rings. The van der Waals surface area contributed by atoms with Gasteiger partial charge in [0, 0.05) is 57.6 Å². The highest BCUT2D eigenvalue weighted by Crippen LogP contribution is 2.35. The predicted octanol–water partition coefficient (Wildman–Crippen LogP) is 4.95. The summed E-state index contributed by atoms with van der Waals surface area (Å²) < 4.78 is 40.5. The van der Waals surface area contributed by atoms with Gasteiger partial charge in [-0.1, -0.05) is 19.3 Å². The standard InChI is InChI=1S/C25H34F3N7/c26-25(27,28)20-10-7-11-29-23(20)34-14-16-35(17-15-34)24-31-21(30-19-8-3-1-4-9-19)18-22(32-24)33-12-5-2-6-13-33/h7,10-11,18-19H,1-6,8-9,12-17H2,(H,30,31,32). The van der Waals surface area contributed by atoms with E-state index in [4.69, 9.17) is 9.97 Å². The van der Waals surface area contributed by atoms with E-state index in [1.165, 1.54) is 37.9 Å². The second kappa shape index (κ2) is 10.5. The van der Waals surface area contributed by atoms with Gasteiger partial charge in [-0.3, -0.25) is 0 Å². The molecule has 0 bridgehead atoms. The summed E-state index contributed by atoms with van der Waals surface area (Å²) in [6.45, 7) is 3.94. The molecule has 35 heavy (non-hydrogen) atoms. The highest BCUT2D eigenvalue weighted by atomic mass is 19.4. The lowest BCUT2D eigenvalue weighted by atomic mass is 9.95. The van der Waals surface area contributed by atoms with Crippen LogP contribution >= 0.6 is 0 Å². The molecule has 0 spiro atoms. The highest BCUT2D eigenvalue weighted by molar-refractivity contribution is 5.56. The Morgan fingerprint density at radius 1 is 0.800 bits per heavy atom. The maximum Gasteiger partial charge on any atom is 0.419 e. The molecule has 10 heteroatoms. The third kappa shape index (κ3) is 5.73. The molecule has 1 aliphatic carbocycles. The van der Waals surface area contributed by atoms with Crippen molar-refractivity contribution >= 4 is 23.4 Å². The van der Waals surface area contributed by atoms with Crippen LogP contribution in [-0.2, 0) is 6.18 Å². The number of nitrogens with zero attached hydrogens (tertiary/aromatic N) is 6. The van der Waals surface area contributed by atoms with Crippen molar-refractivity contribution in [2.24, 2.45) is 0 Å². The van der Waals surface area contributed by atoms with Gasteiger partial charge in [0.25, 0.3) is 0 Å². The van der Waals surface area contributed by atoms with Crippen molar-refractivity contribution in [3.05, 3.63) is 30.0 Å². The topological polar surface area (TPSA) is 60.4 Å². The number of hydrogen-bond donors (Lipinski definition) is 1. The van der Waals surface area contributed by atoms with Gasteiger partial charge in [0.15, 0.2) is 0 Å². The molecule has 2 aliphatic heterocycles. The SMILES string of the molecule is FC(F)(F)c1cccnc1N1CCN(c2nc(NC3CCCCC3)cc(N3CCCCC3)n2)CC1. The number of piperazine rings is 1. The molecule has 1 N–H and O–H groups in total. The molecule has 4 heterocycles. The molecular formula is C25H34F3N7. The van der Waals surface area contributed by atoms with E-state index in [0.717, 1.165) is 56.5 Å². The number of halogens is 3. The maximum absolute atomic E-state index is 13.5. The van der Waals surface area contributed by atoms with E-state index in [1.54, 1.807) is 4.90 Å². The Balaban J connectivity index is 1.34. The normalized spacial score (nSPS) is 20.3. The molecule has 7 nitrogen and oxygen atoms in total. The van der Waals surface area contributed by atoms with Crippen LogP contribution in [0.2, 0.25) is 0 Å². The fraction of sp³-hybridized carbons (Fsp3) is 0.640. The Bertz CT molecular complexity index is 979. The number of anilines is 4. The summed E-state index contributed by atoms with van der Waals surface area (Å²) in [6, 6.07) is 4.94. The summed E-state index contributed by atoms with van der Waals surface area (Å²) in [5, 5.41) is 3.65. The van der Waals surface area contributed by atoms with Crippen LogP contribution in [0, 0.1) is 0 Å². The van der Waals surface area contributed by atoms with Crippen molar-refractivity contribution in [2.45, 2.75) is 63.6 Å². The Labute approximate surface area is 204 Å². The van der Waals surface area contributed by atoms with Gasteiger partial charge in [-0.15, -0.1) is 0 Å². The first-order valence-corrected chi connectivity index (χ1v) is 12.9. The Hall–Kier alpha value is -2.78. The van der Waals surface area contributed by atoms with E-state index in [-0.39, 0.29) is 5.82 Å². The lowest BCUT2D eigenvalue weighted by molar-refractivity contribution is -0.137. The Morgan fingerprint density at radius 3 is 2.20 bits per heavy atom. The number of alkyl halides is 3. The van der Waals surface area contributed by atoms with E-state index < -0.39 is 11.7 Å². The van der Waals surface area contributed by atoms with Crippen LogP contribution in [0.15, 0.2) is 24.4 Å². The molecule has 1 saturated carbocycles. The van der Waals surface area contributed by atoms with E-state index in [9.17, 15) is 13.2 Å². The van der Waals surface area contributed by atoms with Crippen LogP contribution < -0.4 is 20.0 Å². The lowest BCUT2D eigenvalue weighted by Crippen LogP contribution is -2.48. The van der Waals surface area contributed by atoms with E-state index in [0.29, 0.717) is 38.2 Å². The number of nitrogens with one attached hydrogen (secondary N) is 1. The number of aromatic nitrogens is 3. The zero-order valence-electron chi connectivity index (χ0n) is 20.1. The molecule has 0 amide bonds. The fourth-order valence-corrected chi connectivity index (χ4v) is 5.37. The smallest absolute Gasteiger partial charge is 0.367 e. The number of rotatable bonds is 5. The molecule has 0 atom stereocenters. The zero-order chi connectivity index (χ0) is 24.3. The molecule has 2 aromatic rings. The summed E-state index contributed by atoms with van der Waals surface area (Å²) in [6.07, 6.45) is 6.65. The first-order valence-electron chi connectivity index (χ1n) is 12.9. The van der Waals surface area contributed by atoms with Gasteiger partial charge in [-0.05, 0) is 44.2 Å². The zero-order valence-corrected chi connectivity index (χ0v) is 20.1. The largest absolute Gasteiger partial charge is 0.419 e. The molecule has 0 radical (unpaired) electrons. The minimum absolute atomic E-state index is 0.00212. The summed E-state index contributed by atoms with van der Waals surface area (Å²) in [7, 11) is 0. The minimum Gasteiger partial charge on any atom is -0.367 e. The van der Waals surface area contributed by atoms with Gasteiger partial charge >= 0.3 is 6.18 Å². The van der Waals surface area contributed by atoms with Crippen LogP contribution in [0.3, 0.4) is 0 Å². The van der Waals surface area contributed by atoms with E-state index >= 15 is 0 Å². The first kappa shape index (κ1) is 23.9. The second-order valence-corrected chi connectivity index (χ2v) is 9.78. The van der Waals surface area contributed by atoms with E-state index in [1.807, 2.05) is 0 Å². The Morgan fingerprint density at radius 2 is 1.49 bits per heavy atom. The summed E-state index contributed by atoms with van der Waals surface area (Å²) in [5.74, 6) is 2.46. The summed E-state index contributed by atoms with van der Waals surface area (Å²) in [4.78, 5) is 20.0. The lowest BCUT2D eigenvalue weighted by Gasteiger charge is -2.37.